The fourth-order valence-electron chi connectivity index (χ4n) is 2.90. The second-order valence-electron chi connectivity index (χ2n) is 6.83. The minimum atomic E-state index is -0.429. The molecule has 2 N–H and O–H groups in total. The zero-order valence-corrected chi connectivity index (χ0v) is 18.3. The van der Waals surface area contributed by atoms with Crippen LogP contribution in [0, 0.1) is 0 Å². The van der Waals surface area contributed by atoms with Gasteiger partial charge in [0.05, 0.1) is 16.9 Å². The van der Waals surface area contributed by atoms with Crippen molar-refractivity contribution in [2.75, 3.05) is 0 Å². The lowest BCUT2D eigenvalue weighted by Crippen LogP contribution is -2.18. The Hall–Kier alpha value is -3.61. The second-order valence-corrected chi connectivity index (χ2v) is 7.68. The first kappa shape index (κ1) is 21.6. The number of hydrogen-bond donors (Lipinski definition) is 2. The number of aromatic amines is 1. The summed E-state index contributed by atoms with van der Waals surface area (Å²) in [5.41, 5.74) is 5.87. The average Bonchev–Trinajstić information content (AvgIpc) is 3.31. The van der Waals surface area contributed by atoms with E-state index in [9.17, 15) is 4.79 Å². The van der Waals surface area contributed by atoms with Gasteiger partial charge < -0.3 is 4.74 Å². The number of hydrogen-bond acceptors (Lipinski definition) is 4. The fourth-order valence-corrected chi connectivity index (χ4v) is 3.36. The molecule has 6 nitrogen and oxygen atoms in total. The van der Waals surface area contributed by atoms with Crippen molar-refractivity contribution in [2.45, 2.75) is 6.61 Å². The molecule has 160 valence electrons. The number of rotatable bonds is 7. The van der Waals surface area contributed by atoms with Crippen LogP contribution in [0.4, 0.5) is 0 Å². The minimum absolute atomic E-state index is 0.273. The van der Waals surface area contributed by atoms with E-state index < -0.39 is 5.91 Å². The Labute approximate surface area is 194 Å². The van der Waals surface area contributed by atoms with Crippen LogP contribution in [0.25, 0.3) is 11.3 Å². The van der Waals surface area contributed by atoms with E-state index in [2.05, 4.69) is 20.7 Å². The third-order valence-electron chi connectivity index (χ3n) is 4.53. The van der Waals surface area contributed by atoms with Crippen LogP contribution < -0.4 is 10.2 Å². The molecule has 1 aromatic heterocycles. The number of nitrogens with one attached hydrogen (secondary N) is 2. The van der Waals surface area contributed by atoms with Crippen LogP contribution in [0.15, 0.2) is 84.0 Å². The number of benzene rings is 3. The number of H-pyrrole nitrogens is 1. The highest BCUT2D eigenvalue weighted by atomic mass is 35.5. The van der Waals surface area contributed by atoms with Gasteiger partial charge in [0.1, 0.15) is 18.1 Å². The number of nitrogens with zero attached hydrogens (tertiary/aromatic N) is 2. The Morgan fingerprint density at radius 2 is 1.88 bits per heavy atom. The van der Waals surface area contributed by atoms with Crippen LogP contribution in [0.3, 0.4) is 0 Å². The van der Waals surface area contributed by atoms with Gasteiger partial charge in [0.2, 0.25) is 0 Å². The third-order valence-corrected chi connectivity index (χ3v) is 5.10. The van der Waals surface area contributed by atoms with Crippen LogP contribution in [-0.2, 0) is 6.61 Å². The van der Waals surface area contributed by atoms with Crippen molar-refractivity contribution in [3.05, 3.63) is 106 Å². The molecule has 0 unspecified atom stereocenters. The molecule has 1 amide bonds. The normalized spacial score (nSPS) is 10.9. The summed E-state index contributed by atoms with van der Waals surface area (Å²) < 4.78 is 5.87. The largest absolute Gasteiger partial charge is 0.489 e. The van der Waals surface area contributed by atoms with Gasteiger partial charge in [0.25, 0.3) is 5.91 Å². The molecule has 3 aromatic carbocycles. The first-order valence-corrected chi connectivity index (χ1v) is 10.4. The molecule has 0 radical (unpaired) electrons. The number of hydrazone groups is 1. The van der Waals surface area contributed by atoms with Crippen molar-refractivity contribution in [1.82, 2.24) is 15.6 Å². The minimum Gasteiger partial charge on any atom is -0.489 e. The van der Waals surface area contributed by atoms with E-state index in [0.29, 0.717) is 33.7 Å². The van der Waals surface area contributed by atoms with Gasteiger partial charge in [-0.3, -0.25) is 9.89 Å². The van der Waals surface area contributed by atoms with Crippen molar-refractivity contribution < 1.29 is 9.53 Å². The lowest BCUT2D eigenvalue weighted by molar-refractivity contribution is 0.0950. The van der Waals surface area contributed by atoms with E-state index >= 15 is 0 Å². The summed E-state index contributed by atoms with van der Waals surface area (Å²) in [5.74, 6) is 0.284. The highest BCUT2D eigenvalue weighted by Crippen LogP contribution is 2.24. The van der Waals surface area contributed by atoms with Gasteiger partial charge in [-0.25, -0.2) is 5.43 Å². The lowest BCUT2D eigenvalue weighted by Gasteiger charge is -2.07. The molecule has 0 saturated heterocycles. The predicted molar refractivity (Wildman–Crippen MR) is 126 cm³/mol. The second kappa shape index (κ2) is 10.1. The van der Waals surface area contributed by atoms with Crippen molar-refractivity contribution >= 4 is 35.3 Å². The maximum absolute atomic E-state index is 12.4. The molecule has 1 heterocycles. The molecule has 0 aliphatic heterocycles. The zero-order valence-electron chi connectivity index (χ0n) is 16.8. The van der Waals surface area contributed by atoms with Crippen LogP contribution >= 0.6 is 23.2 Å². The molecular weight excluding hydrogens is 447 g/mol. The smallest absolute Gasteiger partial charge is 0.289 e. The third kappa shape index (κ3) is 5.55. The van der Waals surface area contributed by atoms with E-state index in [1.54, 1.807) is 24.3 Å². The first-order valence-electron chi connectivity index (χ1n) is 9.69. The summed E-state index contributed by atoms with van der Waals surface area (Å²) in [6, 6.07) is 24.1. The number of ether oxygens (including phenoxy) is 1. The van der Waals surface area contributed by atoms with Crippen molar-refractivity contribution in [1.29, 1.82) is 0 Å². The van der Waals surface area contributed by atoms with Gasteiger partial charge in [-0.05, 0) is 35.9 Å². The number of carbonyl (C=O) groups is 1. The Bertz CT molecular complexity index is 1260. The highest BCUT2D eigenvalue weighted by Gasteiger charge is 2.11. The Kier molecular flexibility index (Phi) is 6.84. The quantitative estimate of drug-likeness (QED) is 0.270. The summed E-state index contributed by atoms with van der Waals surface area (Å²) in [6.07, 6.45) is 1.45. The molecule has 0 spiro atoms. The number of aromatic nitrogens is 2. The Morgan fingerprint density at radius 1 is 1.03 bits per heavy atom. The van der Waals surface area contributed by atoms with E-state index in [-0.39, 0.29) is 5.69 Å². The molecule has 0 atom stereocenters. The van der Waals surface area contributed by atoms with Gasteiger partial charge in [0.15, 0.2) is 0 Å². The molecule has 4 rings (SSSR count). The van der Waals surface area contributed by atoms with Gasteiger partial charge in [-0.15, -0.1) is 0 Å². The first-order chi connectivity index (χ1) is 15.6. The summed E-state index contributed by atoms with van der Waals surface area (Å²) >= 11 is 12.0. The van der Waals surface area contributed by atoms with Crippen LogP contribution in [-0.4, -0.2) is 22.3 Å². The predicted octanol–water partition coefficient (Wildman–Crippen LogP) is 5.73. The topological polar surface area (TPSA) is 79.4 Å². The molecule has 0 bridgehead atoms. The van der Waals surface area contributed by atoms with Gasteiger partial charge in [-0.2, -0.15) is 10.2 Å². The number of amides is 1. The van der Waals surface area contributed by atoms with E-state index in [0.717, 1.165) is 11.1 Å². The molecule has 8 heteroatoms. The summed E-state index contributed by atoms with van der Waals surface area (Å²) in [7, 11) is 0. The Morgan fingerprint density at radius 3 is 2.69 bits per heavy atom. The zero-order chi connectivity index (χ0) is 22.3. The van der Waals surface area contributed by atoms with Gasteiger partial charge >= 0.3 is 0 Å². The maximum atomic E-state index is 12.4. The van der Waals surface area contributed by atoms with Crippen LogP contribution in [0.1, 0.15) is 21.6 Å². The van der Waals surface area contributed by atoms with Crippen molar-refractivity contribution in [2.24, 2.45) is 5.10 Å². The van der Waals surface area contributed by atoms with Gasteiger partial charge in [-0.1, -0.05) is 71.7 Å². The molecule has 0 aliphatic carbocycles. The number of halogens is 2. The van der Waals surface area contributed by atoms with Crippen molar-refractivity contribution in [3.8, 4) is 17.0 Å². The summed E-state index contributed by atoms with van der Waals surface area (Å²) in [6.45, 7) is 0.466. The molecule has 32 heavy (non-hydrogen) atoms. The van der Waals surface area contributed by atoms with E-state index in [1.165, 1.54) is 6.21 Å². The van der Waals surface area contributed by atoms with E-state index in [1.807, 2.05) is 54.6 Å². The van der Waals surface area contributed by atoms with Crippen LogP contribution in [0.2, 0.25) is 10.0 Å². The molecule has 0 fully saturated rings. The van der Waals surface area contributed by atoms with Gasteiger partial charge in [0, 0.05) is 16.1 Å². The van der Waals surface area contributed by atoms with E-state index in [4.69, 9.17) is 27.9 Å². The lowest BCUT2D eigenvalue weighted by atomic mass is 10.1. The monoisotopic (exact) mass is 464 g/mol. The molecule has 0 aliphatic rings. The van der Waals surface area contributed by atoms with Crippen molar-refractivity contribution in [3.63, 3.8) is 0 Å². The summed E-state index contributed by atoms with van der Waals surface area (Å²) in [4.78, 5) is 12.4. The standard InChI is InChI=1S/C24H18Cl2N4O2/c25-19-10-9-18(21(26)12-19)14-27-30-24(31)23-13-22(28-29-23)17-7-4-8-20(11-17)32-15-16-5-2-1-3-6-16/h1-14H,15H2,(H,28,29)(H,30,31). The van der Waals surface area contributed by atoms with Crippen LogP contribution in [0.5, 0.6) is 5.75 Å². The average molecular weight is 465 g/mol. The fraction of sp³-hybridized carbons (Fsp3) is 0.0417. The maximum Gasteiger partial charge on any atom is 0.289 e. The molecule has 4 aromatic rings. The summed E-state index contributed by atoms with van der Waals surface area (Å²) in [5, 5.41) is 11.9. The SMILES string of the molecule is O=C(NN=Cc1ccc(Cl)cc1Cl)c1cc(-c2cccc(OCc3ccccc3)c2)n[nH]1. The highest BCUT2D eigenvalue weighted by molar-refractivity contribution is 6.36. The molecule has 0 saturated carbocycles. The molecular formula is C24H18Cl2N4O2. The number of carbonyl (C=O) groups excluding carboxylic acids is 1. The Balaban J connectivity index is 1.39.